The van der Waals surface area contributed by atoms with Crippen LogP contribution < -0.4 is 5.32 Å². The van der Waals surface area contributed by atoms with Crippen molar-refractivity contribution in [1.29, 1.82) is 0 Å². The van der Waals surface area contributed by atoms with Crippen LogP contribution in [0.2, 0.25) is 0 Å². The molecule has 4 rings (SSSR count). The highest BCUT2D eigenvalue weighted by molar-refractivity contribution is 8.00. The van der Waals surface area contributed by atoms with Gasteiger partial charge < -0.3 is 9.84 Å². The molecular weight excluding hydrogens is 379 g/mol. The molecule has 25 heavy (non-hydrogen) atoms. The summed E-state index contributed by atoms with van der Waals surface area (Å²) in [6.07, 6.45) is 0. The maximum absolute atomic E-state index is 13.2. The molecule has 0 bridgehead atoms. The first-order valence-corrected chi connectivity index (χ1v) is 9.93. The third kappa shape index (κ3) is 4.06. The molecular formula is C16H11FN4OS3. The molecule has 0 fully saturated rings. The average Bonchev–Trinajstić information content (AvgIpc) is 3.34. The molecule has 0 aliphatic heterocycles. The Bertz CT molecular complexity index is 967. The molecule has 0 unspecified atom stereocenters. The molecule has 0 aliphatic carbocycles. The number of hydrogen-bond donors (Lipinski definition) is 1. The van der Waals surface area contributed by atoms with Gasteiger partial charge in [-0.25, -0.2) is 4.39 Å². The van der Waals surface area contributed by atoms with Crippen LogP contribution in [0.1, 0.15) is 5.69 Å². The Labute approximate surface area is 154 Å². The Morgan fingerprint density at radius 3 is 2.96 bits per heavy atom. The molecule has 0 saturated carbocycles. The third-order valence-corrected chi connectivity index (χ3v) is 6.04. The molecule has 1 N–H and O–H groups in total. The summed E-state index contributed by atoms with van der Waals surface area (Å²) < 4.78 is 19.4. The number of nitrogens with one attached hydrogen (secondary N) is 1. The number of hydrogen-bond acceptors (Lipinski definition) is 8. The van der Waals surface area contributed by atoms with Crippen LogP contribution in [0, 0.1) is 5.82 Å². The summed E-state index contributed by atoms with van der Waals surface area (Å²) in [5.41, 5.74) is 1.49. The van der Waals surface area contributed by atoms with Crippen molar-refractivity contribution in [2.45, 2.75) is 10.1 Å². The van der Waals surface area contributed by atoms with Crippen LogP contribution in [-0.2, 0) is 5.75 Å². The number of halogens is 1. The fraction of sp³-hybridized carbons (Fsp3) is 0.0625. The lowest BCUT2D eigenvalue weighted by Gasteiger charge is -2.00. The number of rotatable bonds is 6. The van der Waals surface area contributed by atoms with E-state index in [9.17, 15) is 4.39 Å². The molecule has 126 valence electrons. The minimum absolute atomic E-state index is 0.295. The van der Waals surface area contributed by atoms with Gasteiger partial charge in [0.1, 0.15) is 5.82 Å². The minimum atomic E-state index is -0.295. The van der Waals surface area contributed by atoms with E-state index in [1.54, 1.807) is 23.5 Å². The summed E-state index contributed by atoms with van der Waals surface area (Å²) in [5.74, 6) is 1.12. The summed E-state index contributed by atoms with van der Waals surface area (Å²) >= 11 is 4.55. The van der Waals surface area contributed by atoms with E-state index in [1.165, 1.54) is 35.2 Å². The zero-order chi connectivity index (χ0) is 17.1. The summed E-state index contributed by atoms with van der Waals surface area (Å²) in [5, 5.41) is 17.9. The molecule has 3 aromatic heterocycles. The van der Waals surface area contributed by atoms with Gasteiger partial charge in [-0.15, -0.1) is 21.5 Å². The first-order chi connectivity index (χ1) is 12.3. The highest BCUT2D eigenvalue weighted by Crippen LogP contribution is 2.31. The van der Waals surface area contributed by atoms with E-state index < -0.39 is 0 Å². The van der Waals surface area contributed by atoms with E-state index >= 15 is 0 Å². The zero-order valence-electron chi connectivity index (χ0n) is 12.7. The van der Waals surface area contributed by atoms with Crippen LogP contribution in [-0.4, -0.2) is 15.4 Å². The molecule has 9 heteroatoms. The average molecular weight is 390 g/mol. The van der Waals surface area contributed by atoms with Gasteiger partial charge in [0.05, 0.1) is 10.6 Å². The van der Waals surface area contributed by atoms with Gasteiger partial charge in [-0.1, -0.05) is 40.4 Å². The van der Waals surface area contributed by atoms with Gasteiger partial charge in [-0.3, -0.25) is 0 Å². The van der Waals surface area contributed by atoms with Crippen LogP contribution in [0.4, 0.5) is 15.2 Å². The normalized spacial score (nSPS) is 10.9. The monoisotopic (exact) mass is 390 g/mol. The number of aromatic nitrogens is 3. The summed E-state index contributed by atoms with van der Waals surface area (Å²) in [6, 6.07) is 12.1. The molecule has 0 spiro atoms. The number of thioether (sulfide) groups is 1. The molecule has 0 radical (unpaired) electrons. The lowest BCUT2D eigenvalue weighted by atomic mass is 10.3. The number of nitrogens with zero attached hydrogens (tertiary/aromatic N) is 3. The van der Waals surface area contributed by atoms with E-state index in [-0.39, 0.29) is 5.82 Å². The number of anilines is 2. The van der Waals surface area contributed by atoms with E-state index in [4.69, 9.17) is 4.52 Å². The van der Waals surface area contributed by atoms with E-state index in [1.807, 2.05) is 23.6 Å². The van der Waals surface area contributed by atoms with E-state index in [2.05, 4.69) is 20.7 Å². The van der Waals surface area contributed by atoms with Crippen molar-refractivity contribution < 1.29 is 8.91 Å². The number of thiophene rings is 1. The standard InChI is InChI=1S/C16H11FN4OS3/c17-10-3-1-4-11(7-10)18-15-19-20-16(25-15)24-9-12-8-13(22-21-12)14-5-2-6-23-14/h1-8H,9H2,(H,18,19). The fourth-order valence-electron chi connectivity index (χ4n) is 2.06. The second-order valence-electron chi connectivity index (χ2n) is 4.96. The lowest BCUT2D eigenvalue weighted by Crippen LogP contribution is -1.89. The second kappa shape index (κ2) is 7.34. The predicted molar refractivity (Wildman–Crippen MR) is 99.0 cm³/mol. The van der Waals surface area contributed by atoms with Crippen LogP contribution in [0.25, 0.3) is 10.6 Å². The van der Waals surface area contributed by atoms with Crippen molar-refractivity contribution in [1.82, 2.24) is 15.4 Å². The molecule has 1 aromatic carbocycles. The summed E-state index contributed by atoms with van der Waals surface area (Å²) in [7, 11) is 0. The van der Waals surface area contributed by atoms with Crippen LogP contribution in [0.3, 0.4) is 0 Å². The molecule has 3 heterocycles. The van der Waals surface area contributed by atoms with Gasteiger partial charge in [0.15, 0.2) is 10.1 Å². The van der Waals surface area contributed by atoms with Crippen molar-refractivity contribution in [3.63, 3.8) is 0 Å². The Morgan fingerprint density at radius 2 is 2.12 bits per heavy atom. The van der Waals surface area contributed by atoms with Gasteiger partial charge in [0, 0.05) is 17.5 Å². The molecule has 5 nitrogen and oxygen atoms in total. The zero-order valence-corrected chi connectivity index (χ0v) is 15.1. The topological polar surface area (TPSA) is 63.8 Å². The quantitative estimate of drug-likeness (QED) is 0.443. The third-order valence-electron chi connectivity index (χ3n) is 3.15. The van der Waals surface area contributed by atoms with Crippen molar-refractivity contribution in [2.75, 3.05) is 5.32 Å². The van der Waals surface area contributed by atoms with E-state index in [0.29, 0.717) is 16.6 Å². The largest absolute Gasteiger partial charge is 0.355 e. The maximum atomic E-state index is 13.2. The van der Waals surface area contributed by atoms with Gasteiger partial charge >= 0.3 is 0 Å². The van der Waals surface area contributed by atoms with Gasteiger partial charge in [-0.05, 0) is 29.6 Å². The van der Waals surface area contributed by atoms with Crippen LogP contribution in [0.15, 0.2) is 56.7 Å². The molecule has 0 saturated heterocycles. The van der Waals surface area contributed by atoms with Gasteiger partial charge in [-0.2, -0.15) is 0 Å². The predicted octanol–water partition coefficient (Wildman–Crippen LogP) is 5.43. The van der Waals surface area contributed by atoms with Crippen molar-refractivity contribution in [3.8, 4) is 10.6 Å². The highest BCUT2D eigenvalue weighted by atomic mass is 32.2. The first kappa shape index (κ1) is 16.2. The fourth-order valence-corrected chi connectivity index (χ4v) is 4.38. The Hall–Kier alpha value is -2.23. The maximum Gasteiger partial charge on any atom is 0.210 e. The van der Waals surface area contributed by atoms with Crippen molar-refractivity contribution >= 4 is 45.3 Å². The van der Waals surface area contributed by atoms with Crippen LogP contribution in [0.5, 0.6) is 0 Å². The summed E-state index contributed by atoms with van der Waals surface area (Å²) in [4.78, 5) is 1.06. The SMILES string of the molecule is Fc1cccc(Nc2nnc(SCc3cc(-c4cccs4)on3)s2)c1. The minimum Gasteiger partial charge on any atom is -0.355 e. The molecule has 4 aromatic rings. The van der Waals surface area contributed by atoms with Crippen molar-refractivity contribution in [3.05, 3.63) is 59.4 Å². The lowest BCUT2D eigenvalue weighted by molar-refractivity contribution is 0.427. The van der Waals surface area contributed by atoms with Gasteiger partial charge in [0.25, 0.3) is 0 Å². The second-order valence-corrected chi connectivity index (χ2v) is 8.10. The van der Waals surface area contributed by atoms with E-state index in [0.717, 1.165) is 20.7 Å². The number of benzene rings is 1. The first-order valence-electron chi connectivity index (χ1n) is 7.24. The molecule has 0 atom stereocenters. The summed E-state index contributed by atoms with van der Waals surface area (Å²) in [6.45, 7) is 0. The Kier molecular flexibility index (Phi) is 4.77. The van der Waals surface area contributed by atoms with Gasteiger partial charge in [0.2, 0.25) is 5.13 Å². The smallest absolute Gasteiger partial charge is 0.210 e. The Balaban J connectivity index is 1.37. The molecule has 0 amide bonds. The highest BCUT2D eigenvalue weighted by Gasteiger charge is 2.10. The van der Waals surface area contributed by atoms with Crippen LogP contribution >= 0.6 is 34.4 Å². The Morgan fingerprint density at radius 1 is 1.16 bits per heavy atom. The van der Waals surface area contributed by atoms with Crippen molar-refractivity contribution in [2.24, 2.45) is 0 Å². The molecule has 0 aliphatic rings.